The van der Waals surface area contributed by atoms with E-state index in [1.807, 2.05) is 13.0 Å². The second-order valence-electron chi connectivity index (χ2n) is 6.61. The van der Waals surface area contributed by atoms with Gasteiger partial charge in [-0.15, -0.1) is 11.3 Å². The lowest BCUT2D eigenvalue weighted by molar-refractivity contribution is -0.143. The lowest BCUT2D eigenvalue weighted by atomic mass is 10.0. The standard InChI is InChI=1S/C21H19F4NO2S/c1-3-28-20(27)8-12(2)26-19-10-14-5-4-13(9-18(14)29-19)16-7-6-15(11-17(16)22)21(23,24)25/h4-7,9-12,26H,3,8H2,1-2H3. The van der Waals surface area contributed by atoms with Crippen LogP contribution in [0.3, 0.4) is 0 Å². The van der Waals surface area contributed by atoms with Crippen LogP contribution in [-0.4, -0.2) is 18.6 Å². The van der Waals surface area contributed by atoms with Crippen LogP contribution >= 0.6 is 11.3 Å². The van der Waals surface area contributed by atoms with Gasteiger partial charge in [0.05, 0.1) is 23.6 Å². The van der Waals surface area contributed by atoms with Crippen molar-refractivity contribution in [2.24, 2.45) is 0 Å². The molecule has 0 aliphatic rings. The number of anilines is 1. The fourth-order valence-corrected chi connectivity index (χ4v) is 4.07. The lowest BCUT2D eigenvalue weighted by Gasteiger charge is -2.12. The molecule has 0 saturated carbocycles. The first-order chi connectivity index (χ1) is 13.7. The number of ether oxygens (including phenoxy) is 1. The molecule has 0 saturated heterocycles. The molecule has 1 N–H and O–H groups in total. The Bertz CT molecular complexity index is 1030. The third-order valence-electron chi connectivity index (χ3n) is 4.29. The third-order valence-corrected chi connectivity index (χ3v) is 5.32. The molecule has 0 radical (unpaired) electrons. The minimum absolute atomic E-state index is 0.110. The summed E-state index contributed by atoms with van der Waals surface area (Å²) in [6, 6.07) is 9.52. The van der Waals surface area contributed by atoms with Gasteiger partial charge >= 0.3 is 12.1 Å². The molecule has 0 bridgehead atoms. The van der Waals surface area contributed by atoms with Crippen molar-refractivity contribution in [3.63, 3.8) is 0 Å². The zero-order chi connectivity index (χ0) is 21.2. The molecule has 3 rings (SSSR count). The topological polar surface area (TPSA) is 38.3 Å². The number of hydrogen-bond acceptors (Lipinski definition) is 4. The van der Waals surface area contributed by atoms with Crippen molar-refractivity contribution in [3.05, 3.63) is 53.8 Å². The lowest BCUT2D eigenvalue weighted by Crippen LogP contribution is -2.20. The van der Waals surface area contributed by atoms with Crippen LogP contribution in [0.5, 0.6) is 0 Å². The molecular formula is C21H19F4NO2S. The summed E-state index contributed by atoms with van der Waals surface area (Å²) in [6.45, 7) is 3.95. The van der Waals surface area contributed by atoms with Gasteiger partial charge in [-0.2, -0.15) is 13.2 Å². The quantitative estimate of drug-likeness (QED) is 0.363. The smallest absolute Gasteiger partial charge is 0.416 e. The average Bonchev–Trinajstić information content (AvgIpc) is 3.01. The predicted octanol–water partition coefficient (Wildman–Crippen LogP) is 6.48. The number of carbonyl (C=O) groups is 1. The Morgan fingerprint density at radius 1 is 1.17 bits per heavy atom. The molecular weight excluding hydrogens is 406 g/mol. The number of carbonyl (C=O) groups excluding carboxylic acids is 1. The van der Waals surface area contributed by atoms with Crippen LogP contribution < -0.4 is 5.32 Å². The summed E-state index contributed by atoms with van der Waals surface area (Å²) in [7, 11) is 0. The minimum Gasteiger partial charge on any atom is -0.466 e. The monoisotopic (exact) mass is 425 g/mol. The molecule has 0 spiro atoms. The molecule has 1 atom stereocenters. The molecule has 1 unspecified atom stereocenters. The van der Waals surface area contributed by atoms with Crippen molar-refractivity contribution >= 4 is 32.4 Å². The number of halogens is 4. The summed E-state index contributed by atoms with van der Waals surface area (Å²) in [5, 5.41) is 4.98. The second-order valence-corrected chi connectivity index (χ2v) is 7.69. The maximum atomic E-state index is 14.3. The van der Waals surface area contributed by atoms with Gasteiger partial charge in [-0.3, -0.25) is 4.79 Å². The second kappa shape index (κ2) is 8.41. The van der Waals surface area contributed by atoms with E-state index in [4.69, 9.17) is 4.74 Å². The third kappa shape index (κ3) is 5.06. The highest BCUT2D eigenvalue weighted by molar-refractivity contribution is 7.22. The van der Waals surface area contributed by atoms with E-state index in [1.54, 1.807) is 25.1 Å². The van der Waals surface area contributed by atoms with Crippen molar-refractivity contribution < 1.29 is 27.1 Å². The Kier molecular flexibility index (Phi) is 6.12. The number of esters is 1. The van der Waals surface area contributed by atoms with E-state index in [1.165, 1.54) is 11.3 Å². The zero-order valence-corrected chi connectivity index (χ0v) is 16.6. The number of thiophene rings is 1. The molecule has 3 aromatic rings. The van der Waals surface area contributed by atoms with Crippen LogP contribution in [0, 0.1) is 5.82 Å². The molecule has 8 heteroatoms. The first-order valence-corrected chi connectivity index (χ1v) is 9.82. The zero-order valence-electron chi connectivity index (χ0n) is 15.8. The van der Waals surface area contributed by atoms with Crippen LogP contribution in [0.2, 0.25) is 0 Å². The Morgan fingerprint density at radius 3 is 2.59 bits per heavy atom. The largest absolute Gasteiger partial charge is 0.466 e. The molecule has 3 nitrogen and oxygen atoms in total. The summed E-state index contributed by atoms with van der Waals surface area (Å²) < 4.78 is 58.3. The Labute approximate surface area is 169 Å². The van der Waals surface area contributed by atoms with Gasteiger partial charge in [0.25, 0.3) is 0 Å². The number of hydrogen-bond donors (Lipinski definition) is 1. The molecule has 0 amide bonds. The van der Waals surface area contributed by atoms with E-state index < -0.39 is 17.6 Å². The van der Waals surface area contributed by atoms with Crippen molar-refractivity contribution in [2.75, 3.05) is 11.9 Å². The van der Waals surface area contributed by atoms with Gasteiger partial charge in [0, 0.05) is 16.3 Å². The highest BCUT2D eigenvalue weighted by atomic mass is 32.1. The predicted molar refractivity (Wildman–Crippen MR) is 107 cm³/mol. The van der Waals surface area contributed by atoms with E-state index in [9.17, 15) is 22.4 Å². The van der Waals surface area contributed by atoms with E-state index in [0.717, 1.165) is 27.2 Å². The number of fused-ring (bicyclic) bond motifs is 1. The van der Waals surface area contributed by atoms with E-state index in [0.29, 0.717) is 18.2 Å². The van der Waals surface area contributed by atoms with Crippen molar-refractivity contribution in [1.82, 2.24) is 0 Å². The van der Waals surface area contributed by atoms with Gasteiger partial charge in [-0.1, -0.05) is 18.2 Å². The summed E-state index contributed by atoms with van der Waals surface area (Å²) in [6.07, 6.45) is -4.36. The summed E-state index contributed by atoms with van der Waals surface area (Å²) in [5.74, 6) is -1.20. The highest BCUT2D eigenvalue weighted by Gasteiger charge is 2.31. The van der Waals surface area contributed by atoms with Crippen molar-refractivity contribution in [1.29, 1.82) is 0 Å². The first-order valence-electron chi connectivity index (χ1n) is 9.00. The average molecular weight is 425 g/mol. The maximum Gasteiger partial charge on any atom is 0.416 e. The molecule has 0 aliphatic heterocycles. The van der Waals surface area contributed by atoms with Crippen molar-refractivity contribution in [2.45, 2.75) is 32.5 Å². The fraction of sp³-hybridized carbons (Fsp3) is 0.286. The number of benzene rings is 2. The van der Waals surface area contributed by atoms with E-state index in [2.05, 4.69) is 5.32 Å². The van der Waals surface area contributed by atoms with Gasteiger partial charge in [-0.05, 0) is 49.1 Å². The number of nitrogens with one attached hydrogen (secondary N) is 1. The van der Waals surface area contributed by atoms with Crippen LogP contribution in [0.15, 0.2) is 42.5 Å². The maximum absolute atomic E-state index is 14.3. The molecule has 1 heterocycles. The molecule has 2 aromatic carbocycles. The fourth-order valence-electron chi connectivity index (χ4n) is 2.96. The van der Waals surface area contributed by atoms with Crippen LogP contribution in [0.25, 0.3) is 21.2 Å². The SMILES string of the molecule is CCOC(=O)CC(C)Nc1cc2ccc(-c3ccc(C(F)(F)F)cc3F)cc2s1. The first kappa shape index (κ1) is 21.1. The van der Waals surface area contributed by atoms with E-state index in [-0.39, 0.29) is 24.0 Å². The molecule has 1 aromatic heterocycles. The van der Waals surface area contributed by atoms with E-state index >= 15 is 0 Å². The highest BCUT2D eigenvalue weighted by Crippen LogP contribution is 2.36. The summed E-state index contributed by atoms with van der Waals surface area (Å²) in [5.41, 5.74) is -0.409. The molecule has 29 heavy (non-hydrogen) atoms. The minimum atomic E-state index is -4.59. The van der Waals surface area contributed by atoms with Crippen LogP contribution in [0.4, 0.5) is 22.6 Å². The molecule has 0 fully saturated rings. The van der Waals surface area contributed by atoms with Crippen LogP contribution in [0.1, 0.15) is 25.8 Å². The van der Waals surface area contributed by atoms with Gasteiger partial charge < -0.3 is 10.1 Å². The Balaban J connectivity index is 1.82. The van der Waals surface area contributed by atoms with Gasteiger partial charge in [-0.25, -0.2) is 4.39 Å². The summed E-state index contributed by atoms with van der Waals surface area (Å²) >= 11 is 1.42. The number of alkyl halides is 3. The number of rotatable bonds is 6. The van der Waals surface area contributed by atoms with Crippen LogP contribution in [-0.2, 0) is 15.7 Å². The van der Waals surface area contributed by atoms with Gasteiger partial charge in [0.1, 0.15) is 5.82 Å². The van der Waals surface area contributed by atoms with Gasteiger partial charge in [0.2, 0.25) is 0 Å². The normalized spacial score (nSPS) is 12.8. The van der Waals surface area contributed by atoms with Crippen molar-refractivity contribution in [3.8, 4) is 11.1 Å². The summed E-state index contributed by atoms with van der Waals surface area (Å²) in [4.78, 5) is 11.6. The van der Waals surface area contributed by atoms with Gasteiger partial charge in [0.15, 0.2) is 0 Å². The molecule has 154 valence electrons. The Hall–Kier alpha value is -2.61. The molecule has 0 aliphatic carbocycles. The Morgan fingerprint density at radius 2 is 1.93 bits per heavy atom.